The molecule has 384 valence electrons. The van der Waals surface area contributed by atoms with Gasteiger partial charge < -0.3 is 37.9 Å². The zero-order valence-corrected chi connectivity index (χ0v) is 44.4. The van der Waals surface area contributed by atoms with Gasteiger partial charge in [-0.05, 0) is 153 Å². The highest BCUT2D eigenvalue weighted by molar-refractivity contribution is 5.89. The summed E-state index contributed by atoms with van der Waals surface area (Å²) in [6.45, 7) is 28.3. The van der Waals surface area contributed by atoms with Crippen LogP contribution in [0.15, 0.2) is 72.3 Å². The van der Waals surface area contributed by atoms with Crippen molar-refractivity contribution in [2.24, 2.45) is 62.1 Å². The first-order valence-electron chi connectivity index (χ1n) is 27.1. The molecule has 10 rings (SSSR count). The number of hydrogen-bond donors (Lipinski definition) is 0. The normalized spacial score (nSPS) is 44.5. The maximum absolute atomic E-state index is 14.6. The van der Waals surface area contributed by atoms with Crippen molar-refractivity contribution >= 4 is 11.9 Å². The Labute approximate surface area is 419 Å². The Morgan fingerprint density at radius 1 is 0.714 bits per heavy atom. The average molecular weight is 965 g/mol. The molecule has 2 aromatic rings. The van der Waals surface area contributed by atoms with Gasteiger partial charge in [-0.1, -0.05) is 122 Å². The van der Waals surface area contributed by atoms with E-state index in [1.165, 1.54) is 0 Å². The fraction of sp³-hybridized carbons (Fsp3) is 0.733. The monoisotopic (exact) mass is 965 g/mol. The molecule has 3 saturated heterocycles. The molecular weight excluding hydrogens is 881 g/mol. The van der Waals surface area contributed by atoms with Crippen molar-refractivity contribution in [3.8, 4) is 0 Å². The van der Waals surface area contributed by atoms with Crippen LogP contribution in [0.25, 0.3) is 0 Å². The quantitative estimate of drug-likeness (QED) is 0.137. The Morgan fingerprint density at radius 2 is 1.41 bits per heavy atom. The molecule has 0 amide bonds. The molecule has 2 aromatic carbocycles. The van der Waals surface area contributed by atoms with E-state index in [4.69, 9.17) is 37.9 Å². The predicted molar refractivity (Wildman–Crippen MR) is 267 cm³/mol. The van der Waals surface area contributed by atoms with E-state index in [0.29, 0.717) is 30.6 Å². The van der Waals surface area contributed by atoms with E-state index in [2.05, 4.69) is 87.4 Å². The van der Waals surface area contributed by atoms with Gasteiger partial charge in [0.15, 0.2) is 24.5 Å². The summed E-state index contributed by atoms with van der Waals surface area (Å²) in [4.78, 5) is 28.2. The molecule has 8 aliphatic rings. The van der Waals surface area contributed by atoms with Crippen molar-refractivity contribution in [3.05, 3.63) is 83.4 Å². The van der Waals surface area contributed by atoms with Crippen molar-refractivity contribution < 1.29 is 47.5 Å². The van der Waals surface area contributed by atoms with Crippen molar-refractivity contribution in [2.75, 3.05) is 6.61 Å². The molecule has 3 heterocycles. The Morgan fingerprint density at radius 3 is 2.14 bits per heavy atom. The minimum Gasteiger partial charge on any atom is -0.460 e. The highest BCUT2D eigenvalue weighted by Crippen LogP contribution is 2.76. The Kier molecular flexibility index (Phi) is 13.0. The largest absolute Gasteiger partial charge is 0.460 e. The molecule has 3 aliphatic heterocycles. The summed E-state index contributed by atoms with van der Waals surface area (Å²) in [5, 5.41) is 0. The van der Waals surface area contributed by atoms with Crippen molar-refractivity contribution in [1.82, 2.24) is 0 Å². The molecule has 0 radical (unpaired) electrons. The first-order chi connectivity index (χ1) is 33.0. The summed E-state index contributed by atoms with van der Waals surface area (Å²) < 4.78 is 53.4. The minimum atomic E-state index is -0.881. The molecule has 4 saturated carbocycles. The molecule has 10 nitrogen and oxygen atoms in total. The van der Waals surface area contributed by atoms with E-state index in [-0.39, 0.29) is 69.1 Å². The number of esters is 2. The lowest BCUT2D eigenvalue weighted by atomic mass is 9.33. The van der Waals surface area contributed by atoms with Gasteiger partial charge in [0, 0.05) is 5.92 Å². The molecule has 7 fully saturated rings. The van der Waals surface area contributed by atoms with E-state index in [1.807, 2.05) is 50.2 Å². The number of carbonyl (C=O) groups excluding carboxylic acids is 2. The van der Waals surface area contributed by atoms with Gasteiger partial charge in [-0.15, -0.1) is 0 Å². The van der Waals surface area contributed by atoms with Crippen LogP contribution < -0.4 is 0 Å². The van der Waals surface area contributed by atoms with Gasteiger partial charge in [0.05, 0.1) is 29.8 Å². The van der Waals surface area contributed by atoms with Crippen LogP contribution in [0.1, 0.15) is 163 Å². The Bertz CT molecular complexity index is 2270. The topological polar surface area (TPSA) is 108 Å². The van der Waals surface area contributed by atoms with Crippen LogP contribution in [0.3, 0.4) is 0 Å². The van der Waals surface area contributed by atoms with Crippen LogP contribution in [0.2, 0.25) is 0 Å². The molecule has 0 spiro atoms. The number of ether oxygens (including phenoxy) is 8. The lowest BCUT2D eigenvalue weighted by molar-refractivity contribution is -0.350. The second-order valence-electron chi connectivity index (χ2n) is 26.0. The van der Waals surface area contributed by atoms with Gasteiger partial charge in [0.1, 0.15) is 24.9 Å². The van der Waals surface area contributed by atoms with Gasteiger partial charge in [-0.25, -0.2) is 4.79 Å². The van der Waals surface area contributed by atoms with E-state index >= 15 is 0 Å². The molecular formula is C60H84O10. The molecule has 10 unspecified atom stereocenters. The maximum Gasteiger partial charge on any atom is 0.338 e. The van der Waals surface area contributed by atoms with Crippen LogP contribution in [0, 0.1) is 62.1 Å². The molecule has 0 bridgehead atoms. The van der Waals surface area contributed by atoms with Gasteiger partial charge in [-0.2, -0.15) is 0 Å². The number of rotatable bonds is 9. The standard InChI is InChI=1S/C60H84O10/c1-36-37(2)47(67-50(61)40-21-17-14-18-22-40)52(65-38(36)3)68-49-48-43(69-56(8,9)70-48)35-63-51(49)66-46-26-27-57(10)44(55(46,6)7)25-28-59(12)45(57)24-23-41-42-33-54(4,5)29-31-60(42,32-30-58(41,59)11)53(62)64-34-39-19-15-13-16-20-39/h13-23,36-38,42-49,51-52H,24-35H2,1-12H3/t36?,37?,38?,42?,43?,44-,45+,46-,47?,48?,49?,51?,52?,57-,58+,59+,60-/m0/s1. The third-order valence-electron chi connectivity index (χ3n) is 21.0. The van der Waals surface area contributed by atoms with Crippen molar-refractivity contribution in [1.29, 1.82) is 0 Å². The summed E-state index contributed by atoms with van der Waals surface area (Å²) in [7, 11) is 0. The number of hydrogen-bond acceptors (Lipinski definition) is 10. The van der Waals surface area contributed by atoms with Crippen LogP contribution >= 0.6 is 0 Å². The third-order valence-corrected chi connectivity index (χ3v) is 21.0. The first kappa shape index (κ1) is 50.4. The summed E-state index contributed by atoms with van der Waals surface area (Å²) in [5.41, 5.74) is 2.70. The van der Waals surface area contributed by atoms with Crippen molar-refractivity contribution in [2.45, 2.75) is 209 Å². The summed E-state index contributed by atoms with van der Waals surface area (Å²) in [6, 6.07) is 19.3. The van der Waals surface area contributed by atoms with Gasteiger partial charge in [0.25, 0.3) is 0 Å². The Hall–Kier alpha value is -3.12. The second kappa shape index (κ2) is 18.1. The maximum atomic E-state index is 14.6. The molecule has 5 aliphatic carbocycles. The van der Waals surface area contributed by atoms with Gasteiger partial charge >= 0.3 is 11.9 Å². The smallest absolute Gasteiger partial charge is 0.338 e. The fourth-order valence-corrected chi connectivity index (χ4v) is 16.4. The van der Waals surface area contributed by atoms with Gasteiger partial charge in [0.2, 0.25) is 0 Å². The lowest BCUT2D eigenvalue weighted by Gasteiger charge is -2.71. The van der Waals surface area contributed by atoms with Gasteiger partial charge in [-0.3, -0.25) is 4.79 Å². The third kappa shape index (κ3) is 8.37. The van der Waals surface area contributed by atoms with Crippen LogP contribution in [0.5, 0.6) is 0 Å². The van der Waals surface area contributed by atoms with Crippen LogP contribution in [-0.4, -0.2) is 73.5 Å². The minimum absolute atomic E-state index is 0.0138. The molecule has 0 N–H and O–H groups in total. The zero-order valence-electron chi connectivity index (χ0n) is 44.4. The van der Waals surface area contributed by atoms with Crippen LogP contribution in [-0.2, 0) is 49.3 Å². The van der Waals surface area contributed by atoms with E-state index in [1.54, 1.807) is 17.7 Å². The number of fused-ring (bicyclic) bond motifs is 8. The number of carbonyl (C=O) groups is 2. The van der Waals surface area contributed by atoms with Crippen LogP contribution in [0.4, 0.5) is 0 Å². The SMILES string of the molecule is CC1OC(OC2C(O[C@H]3CC[C@]4(C)[C@H]5CC=C6C7CC(C)(C)CC[C@]7(C(=O)OCc7ccccc7)CC[C@@]6(C)[C@]5(C)CC[C@H]4C3(C)C)OCC3OC(C)(C)OC32)C(OC(=O)c2ccccc2)C(C)C1C. The molecule has 0 aromatic heterocycles. The number of allylic oxidation sites excluding steroid dienone is 2. The van der Waals surface area contributed by atoms with E-state index in [9.17, 15) is 9.59 Å². The fourth-order valence-electron chi connectivity index (χ4n) is 16.4. The highest BCUT2D eigenvalue weighted by Gasteiger charge is 2.70. The zero-order chi connectivity index (χ0) is 49.8. The lowest BCUT2D eigenvalue weighted by Crippen LogP contribution is -2.66. The molecule has 17 atom stereocenters. The van der Waals surface area contributed by atoms with Crippen molar-refractivity contribution in [3.63, 3.8) is 0 Å². The average Bonchev–Trinajstić information content (AvgIpc) is 3.65. The number of benzene rings is 2. The summed E-state index contributed by atoms with van der Waals surface area (Å²) >= 11 is 0. The summed E-state index contributed by atoms with van der Waals surface area (Å²) in [5.74, 6) is -0.0945. The summed E-state index contributed by atoms with van der Waals surface area (Å²) in [6.07, 6.45) is 8.59. The van der Waals surface area contributed by atoms with E-state index in [0.717, 1.165) is 69.8 Å². The molecule has 10 heteroatoms. The first-order valence-corrected chi connectivity index (χ1v) is 27.1. The Balaban J connectivity index is 0.900. The molecule has 70 heavy (non-hydrogen) atoms. The van der Waals surface area contributed by atoms with E-state index < -0.39 is 48.1 Å². The highest BCUT2D eigenvalue weighted by atomic mass is 16.8. The second-order valence-corrected chi connectivity index (χ2v) is 26.0. The predicted octanol–water partition coefficient (Wildman–Crippen LogP) is 12.4.